The maximum atomic E-state index is 11.5. The van der Waals surface area contributed by atoms with Gasteiger partial charge in [-0.05, 0) is 38.2 Å². The largest absolute Gasteiger partial charge is 0.447 e. The van der Waals surface area contributed by atoms with Crippen LogP contribution in [0.4, 0.5) is 0 Å². The molecule has 0 radical (unpaired) electrons. The van der Waals surface area contributed by atoms with Crippen LogP contribution in [-0.4, -0.2) is 20.4 Å². The Hall–Kier alpha value is -1.70. The monoisotopic (exact) mass is 295 g/mol. The number of hydrogen-bond acceptors (Lipinski definition) is 5. The summed E-state index contributed by atoms with van der Waals surface area (Å²) in [4.78, 5) is 4.25. The minimum Gasteiger partial charge on any atom is -0.447 e. The van der Waals surface area contributed by atoms with E-state index in [2.05, 4.69) is 15.0 Å². The van der Waals surface area contributed by atoms with E-state index in [-0.39, 0.29) is 11.1 Å². The van der Waals surface area contributed by atoms with Crippen molar-refractivity contribution in [2.75, 3.05) is 7.05 Å². The minimum absolute atomic E-state index is 0.0469. The first-order valence-electron chi connectivity index (χ1n) is 6.19. The summed E-state index contributed by atoms with van der Waals surface area (Å²) in [5, 5.41) is 3.15. The molecule has 0 aliphatic rings. The molecule has 0 fully saturated rings. The molecule has 0 unspecified atom stereocenters. The van der Waals surface area contributed by atoms with Gasteiger partial charge in [0.25, 0.3) is 10.0 Å². The van der Waals surface area contributed by atoms with Crippen LogP contribution in [0.3, 0.4) is 0 Å². The zero-order valence-corrected chi connectivity index (χ0v) is 12.1. The molecule has 0 aromatic carbocycles. The number of hydrogen-bond donors (Lipinski definition) is 2. The highest BCUT2D eigenvalue weighted by Gasteiger charge is 2.16. The van der Waals surface area contributed by atoms with Crippen molar-refractivity contribution in [3.05, 3.63) is 48.0 Å². The molecule has 0 aliphatic carbocycles. The van der Waals surface area contributed by atoms with Gasteiger partial charge in [-0.2, -0.15) is 0 Å². The van der Waals surface area contributed by atoms with Gasteiger partial charge in [0, 0.05) is 12.2 Å². The van der Waals surface area contributed by atoms with Gasteiger partial charge in [0.05, 0.1) is 12.2 Å². The van der Waals surface area contributed by atoms with Gasteiger partial charge in [0.1, 0.15) is 5.76 Å². The normalized spacial score (nSPS) is 13.3. The van der Waals surface area contributed by atoms with Crippen molar-refractivity contribution >= 4 is 10.0 Å². The Morgan fingerprint density at radius 1 is 1.30 bits per heavy atom. The second-order valence-corrected chi connectivity index (χ2v) is 6.10. The first kappa shape index (κ1) is 14.7. The second-order valence-electron chi connectivity index (χ2n) is 4.29. The molecular formula is C13H17N3O3S. The van der Waals surface area contributed by atoms with Crippen LogP contribution in [0.1, 0.15) is 24.4 Å². The third-order valence-corrected chi connectivity index (χ3v) is 4.17. The van der Waals surface area contributed by atoms with Gasteiger partial charge in [-0.1, -0.05) is 6.07 Å². The molecule has 0 bridgehead atoms. The number of furan rings is 1. The number of nitrogens with zero attached hydrogens (tertiary/aromatic N) is 1. The first-order chi connectivity index (χ1) is 9.53. The standard InChI is InChI=1S/C13H17N3O3S/c1-10(12-5-3-4-8-15-12)16-9-11-6-7-13(19-11)20(17,18)14-2/h3-8,10,14,16H,9H2,1-2H3/t10-/m0/s1. The predicted molar refractivity (Wildman–Crippen MR) is 74.4 cm³/mol. The molecule has 0 saturated heterocycles. The van der Waals surface area contributed by atoms with Crippen LogP contribution in [0.2, 0.25) is 0 Å². The van der Waals surface area contributed by atoms with E-state index in [0.29, 0.717) is 12.3 Å². The molecule has 2 heterocycles. The zero-order chi connectivity index (χ0) is 14.6. The highest BCUT2D eigenvalue weighted by atomic mass is 32.2. The Labute approximate surface area is 118 Å². The highest BCUT2D eigenvalue weighted by Crippen LogP contribution is 2.15. The Morgan fingerprint density at radius 3 is 2.75 bits per heavy atom. The molecule has 0 spiro atoms. The van der Waals surface area contributed by atoms with E-state index in [1.807, 2.05) is 25.1 Å². The van der Waals surface area contributed by atoms with E-state index < -0.39 is 10.0 Å². The van der Waals surface area contributed by atoms with Gasteiger partial charge >= 0.3 is 0 Å². The minimum atomic E-state index is -3.52. The van der Waals surface area contributed by atoms with Crippen molar-refractivity contribution in [2.24, 2.45) is 0 Å². The summed E-state index contributed by atoms with van der Waals surface area (Å²) in [6, 6.07) is 8.83. The van der Waals surface area contributed by atoms with Crippen molar-refractivity contribution in [3.8, 4) is 0 Å². The molecular weight excluding hydrogens is 278 g/mol. The molecule has 0 saturated carbocycles. The summed E-state index contributed by atoms with van der Waals surface area (Å²) in [5.41, 5.74) is 0.919. The molecule has 20 heavy (non-hydrogen) atoms. The number of sulfonamides is 1. The van der Waals surface area contributed by atoms with Crippen LogP contribution in [0, 0.1) is 0 Å². The zero-order valence-electron chi connectivity index (χ0n) is 11.3. The van der Waals surface area contributed by atoms with E-state index in [9.17, 15) is 8.42 Å². The molecule has 2 aromatic heterocycles. The molecule has 0 aliphatic heterocycles. The lowest BCUT2D eigenvalue weighted by molar-refractivity contribution is 0.391. The van der Waals surface area contributed by atoms with Gasteiger partial charge in [-0.25, -0.2) is 13.1 Å². The average molecular weight is 295 g/mol. The van der Waals surface area contributed by atoms with E-state index >= 15 is 0 Å². The number of aromatic nitrogens is 1. The maximum Gasteiger partial charge on any atom is 0.273 e. The number of nitrogens with one attached hydrogen (secondary N) is 2. The lowest BCUT2D eigenvalue weighted by Crippen LogP contribution is -2.19. The van der Waals surface area contributed by atoms with Gasteiger partial charge in [-0.3, -0.25) is 4.98 Å². The fourth-order valence-electron chi connectivity index (χ4n) is 1.69. The van der Waals surface area contributed by atoms with Crippen LogP contribution >= 0.6 is 0 Å². The van der Waals surface area contributed by atoms with Gasteiger partial charge in [0.2, 0.25) is 5.09 Å². The Balaban J connectivity index is 1.99. The van der Waals surface area contributed by atoms with Crippen LogP contribution in [0.15, 0.2) is 46.0 Å². The molecule has 1 atom stereocenters. The Morgan fingerprint density at radius 2 is 2.10 bits per heavy atom. The van der Waals surface area contributed by atoms with Crippen molar-refractivity contribution in [1.29, 1.82) is 0 Å². The molecule has 2 rings (SSSR count). The summed E-state index contributed by atoms with van der Waals surface area (Å²) in [6.45, 7) is 2.41. The first-order valence-corrected chi connectivity index (χ1v) is 7.68. The van der Waals surface area contributed by atoms with Crippen molar-refractivity contribution in [1.82, 2.24) is 15.0 Å². The average Bonchev–Trinajstić information content (AvgIpc) is 2.95. The third-order valence-electron chi connectivity index (χ3n) is 2.88. The van der Waals surface area contributed by atoms with Crippen molar-refractivity contribution in [3.63, 3.8) is 0 Å². The van der Waals surface area contributed by atoms with Gasteiger partial charge in [0.15, 0.2) is 0 Å². The van der Waals surface area contributed by atoms with Crippen molar-refractivity contribution in [2.45, 2.75) is 24.6 Å². The number of rotatable bonds is 6. The second kappa shape index (κ2) is 6.17. The van der Waals surface area contributed by atoms with Crippen molar-refractivity contribution < 1.29 is 12.8 Å². The molecule has 2 N–H and O–H groups in total. The van der Waals surface area contributed by atoms with Crippen LogP contribution < -0.4 is 10.0 Å². The third kappa shape index (κ3) is 3.44. The fraction of sp³-hybridized carbons (Fsp3) is 0.308. The number of pyridine rings is 1. The molecule has 2 aromatic rings. The summed E-state index contributed by atoms with van der Waals surface area (Å²) >= 11 is 0. The van der Waals surface area contributed by atoms with E-state index in [0.717, 1.165) is 5.69 Å². The Kier molecular flexibility index (Phi) is 4.53. The lowest BCUT2D eigenvalue weighted by atomic mass is 10.2. The fourth-order valence-corrected chi connectivity index (χ4v) is 2.35. The summed E-state index contributed by atoms with van der Waals surface area (Å²) in [7, 11) is -2.18. The molecule has 0 amide bonds. The summed E-state index contributed by atoms with van der Waals surface area (Å²) < 4.78 is 30.6. The smallest absolute Gasteiger partial charge is 0.273 e. The van der Waals surface area contributed by atoms with Crippen LogP contribution in [0.5, 0.6) is 0 Å². The molecule has 6 nitrogen and oxygen atoms in total. The van der Waals surface area contributed by atoms with E-state index in [1.54, 1.807) is 12.3 Å². The van der Waals surface area contributed by atoms with E-state index in [4.69, 9.17) is 4.42 Å². The predicted octanol–water partition coefficient (Wildman–Crippen LogP) is 1.43. The maximum absolute atomic E-state index is 11.5. The SMILES string of the molecule is CNS(=O)(=O)c1ccc(CN[C@@H](C)c2ccccn2)o1. The van der Waals surface area contributed by atoms with Crippen LogP contribution in [-0.2, 0) is 16.6 Å². The quantitative estimate of drug-likeness (QED) is 0.842. The van der Waals surface area contributed by atoms with Gasteiger partial charge < -0.3 is 9.73 Å². The topological polar surface area (TPSA) is 84.2 Å². The van der Waals surface area contributed by atoms with Crippen LogP contribution in [0.25, 0.3) is 0 Å². The van der Waals surface area contributed by atoms with Gasteiger partial charge in [-0.15, -0.1) is 0 Å². The highest BCUT2D eigenvalue weighted by molar-refractivity contribution is 7.89. The molecule has 7 heteroatoms. The van der Waals surface area contributed by atoms with E-state index in [1.165, 1.54) is 13.1 Å². The molecule has 108 valence electrons. The Bertz CT molecular complexity index is 653. The summed E-state index contributed by atoms with van der Waals surface area (Å²) in [5.74, 6) is 0.557. The lowest BCUT2D eigenvalue weighted by Gasteiger charge is -2.11. The summed E-state index contributed by atoms with van der Waals surface area (Å²) in [6.07, 6.45) is 1.73.